The summed E-state index contributed by atoms with van der Waals surface area (Å²) in [5.74, 6) is 1.92. The average Bonchev–Trinajstić information content (AvgIpc) is 3.92. The van der Waals surface area contributed by atoms with Gasteiger partial charge in [-0.3, -0.25) is 4.57 Å². The van der Waals surface area contributed by atoms with E-state index < -0.39 is 0 Å². The van der Waals surface area contributed by atoms with E-state index in [2.05, 4.69) is 240 Å². The van der Waals surface area contributed by atoms with Gasteiger partial charge in [0.1, 0.15) is 0 Å². The Morgan fingerprint density at radius 3 is 1.72 bits per heavy atom. The third kappa shape index (κ3) is 6.74. The molecule has 11 aromatic rings. The van der Waals surface area contributed by atoms with Crippen molar-refractivity contribution in [1.82, 2.24) is 24.1 Å². The standard InChI is InChI=1S/C63H45N5/c1-5-20-42(21-6-1)43-36-38-47(39-37-43)61-64-62(53-31-14-13-28-48(53)44-22-7-2-8-23-44)66-63(65-61)68-57-35-18-16-30-52(57)55-40-54-51-29-15-17-34-56(51)67(58(54)41-59(55)68)60-49(45-24-9-3-10-25-45)32-19-33-50(60)46-26-11-4-12-27-46/h1-5,7-20,22-32,34-41,50H,6,21,33H2. The van der Waals surface area contributed by atoms with Gasteiger partial charge < -0.3 is 4.57 Å². The number of para-hydroxylation sites is 2. The summed E-state index contributed by atoms with van der Waals surface area (Å²) >= 11 is 0. The molecule has 0 N–H and O–H groups in total. The fourth-order valence-electron chi connectivity index (χ4n) is 10.7. The lowest BCUT2D eigenvalue weighted by Crippen LogP contribution is -2.13. The van der Waals surface area contributed by atoms with Gasteiger partial charge in [0.2, 0.25) is 5.95 Å². The molecular weight excluding hydrogens is 827 g/mol. The lowest BCUT2D eigenvalue weighted by molar-refractivity contribution is 0.834. The van der Waals surface area contributed by atoms with E-state index in [9.17, 15) is 0 Å². The first-order valence-electron chi connectivity index (χ1n) is 23.6. The van der Waals surface area contributed by atoms with Crippen LogP contribution in [0.5, 0.6) is 0 Å². The largest absolute Gasteiger partial charge is 0.312 e. The molecule has 5 heteroatoms. The van der Waals surface area contributed by atoms with Crippen molar-refractivity contribution in [1.29, 1.82) is 0 Å². The molecule has 1 atom stereocenters. The van der Waals surface area contributed by atoms with Crippen molar-refractivity contribution in [2.45, 2.75) is 25.2 Å². The molecule has 0 fully saturated rings. The number of hydrogen-bond donors (Lipinski definition) is 0. The highest BCUT2D eigenvalue weighted by Gasteiger charge is 2.29. The summed E-state index contributed by atoms with van der Waals surface area (Å²) in [4.78, 5) is 16.3. The van der Waals surface area contributed by atoms with Crippen LogP contribution in [0.2, 0.25) is 0 Å². The molecule has 3 aromatic heterocycles. The third-order valence-corrected chi connectivity index (χ3v) is 13.9. The van der Waals surface area contributed by atoms with Crippen molar-refractivity contribution >= 4 is 60.5 Å². The number of allylic oxidation sites excluding steroid dienone is 8. The van der Waals surface area contributed by atoms with Gasteiger partial charge in [-0.15, -0.1) is 0 Å². The minimum Gasteiger partial charge on any atom is -0.312 e. The van der Waals surface area contributed by atoms with Gasteiger partial charge in [-0.05, 0) is 76.9 Å². The Labute approximate surface area is 395 Å². The lowest BCUT2D eigenvalue weighted by atomic mass is 9.83. The molecule has 1 unspecified atom stereocenters. The summed E-state index contributed by atoms with van der Waals surface area (Å²) in [6.07, 6.45) is 14.3. The molecule has 0 bridgehead atoms. The zero-order chi connectivity index (χ0) is 45.0. The number of hydrogen-bond acceptors (Lipinski definition) is 3. The Morgan fingerprint density at radius 1 is 0.426 bits per heavy atom. The molecule has 0 aliphatic heterocycles. The van der Waals surface area contributed by atoms with Crippen LogP contribution in [-0.2, 0) is 0 Å². The maximum absolute atomic E-state index is 5.49. The zero-order valence-corrected chi connectivity index (χ0v) is 37.4. The van der Waals surface area contributed by atoms with Gasteiger partial charge in [-0.25, -0.2) is 4.98 Å². The molecule has 0 spiro atoms. The predicted octanol–water partition coefficient (Wildman–Crippen LogP) is 15.9. The first-order chi connectivity index (χ1) is 33.7. The van der Waals surface area contributed by atoms with Gasteiger partial charge in [-0.1, -0.05) is 206 Å². The minimum absolute atomic E-state index is 0.118. The van der Waals surface area contributed by atoms with Crippen molar-refractivity contribution in [3.05, 3.63) is 247 Å². The minimum atomic E-state index is 0.118. The van der Waals surface area contributed by atoms with Crippen LogP contribution >= 0.6 is 0 Å². The van der Waals surface area contributed by atoms with Crippen molar-refractivity contribution in [2.24, 2.45) is 0 Å². The summed E-state index contributed by atoms with van der Waals surface area (Å²) in [5.41, 5.74) is 16.0. The van der Waals surface area contributed by atoms with E-state index in [0.717, 1.165) is 68.8 Å². The lowest BCUT2D eigenvalue weighted by Gasteiger charge is -2.28. The van der Waals surface area contributed by atoms with Crippen LogP contribution in [0.25, 0.3) is 100 Å². The Bertz CT molecular complexity index is 3850. The maximum Gasteiger partial charge on any atom is 0.238 e. The molecule has 0 saturated heterocycles. The Hall–Kier alpha value is -8.67. The summed E-state index contributed by atoms with van der Waals surface area (Å²) in [6, 6.07) is 71.9. The zero-order valence-electron chi connectivity index (χ0n) is 37.4. The first-order valence-corrected chi connectivity index (χ1v) is 23.6. The number of nitrogens with zero attached hydrogens (tertiary/aromatic N) is 5. The van der Waals surface area contributed by atoms with Gasteiger partial charge in [0.15, 0.2) is 11.6 Å². The van der Waals surface area contributed by atoms with Crippen LogP contribution < -0.4 is 0 Å². The summed E-state index contributed by atoms with van der Waals surface area (Å²) in [5, 5.41) is 4.70. The molecule has 0 amide bonds. The van der Waals surface area contributed by atoms with Gasteiger partial charge in [0, 0.05) is 49.9 Å². The highest BCUT2D eigenvalue weighted by Crippen LogP contribution is 2.47. The second-order valence-electron chi connectivity index (χ2n) is 17.8. The fraction of sp³-hybridized carbons (Fsp3) is 0.0635. The van der Waals surface area contributed by atoms with E-state index in [-0.39, 0.29) is 5.92 Å². The van der Waals surface area contributed by atoms with E-state index in [1.54, 1.807) is 0 Å². The van der Waals surface area contributed by atoms with Crippen molar-refractivity contribution in [3.8, 4) is 39.9 Å². The molecular formula is C63H45N5. The van der Waals surface area contributed by atoms with E-state index in [1.807, 2.05) is 0 Å². The molecule has 68 heavy (non-hydrogen) atoms. The van der Waals surface area contributed by atoms with E-state index in [0.29, 0.717) is 17.6 Å². The molecule has 5 nitrogen and oxygen atoms in total. The molecule has 0 saturated carbocycles. The monoisotopic (exact) mass is 871 g/mol. The van der Waals surface area contributed by atoms with Crippen LogP contribution in [-0.4, -0.2) is 24.1 Å². The summed E-state index contributed by atoms with van der Waals surface area (Å²) in [7, 11) is 0. The maximum atomic E-state index is 5.49. The average molecular weight is 872 g/mol. The van der Waals surface area contributed by atoms with Gasteiger partial charge in [-0.2, -0.15) is 9.97 Å². The van der Waals surface area contributed by atoms with Crippen LogP contribution in [0.15, 0.2) is 231 Å². The molecule has 2 aliphatic carbocycles. The second kappa shape index (κ2) is 16.6. The topological polar surface area (TPSA) is 48.5 Å². The molecule has 3 heterocycles. The van der Waals surface area contributed by atoms with Gasteiger partial charge >= 0.3 is 0 Å². The number of benzene rings is 8. The second-order valence-corrected chi connectivity index (χ2v) is 17.8. The van der Waals surface area contributed by atoms with Crippen LogP contribution in [0, 0.1) is 0 Å². The predicted molar refractivity (Wildman–Crippen MR) is 282 cm³/mol. The number of fused-ring (bicyclic) bond motifs is 6. The Balaban J connectivity index is 1.10. The third-order valence-electron chi connectivity index (χ3n) is 13.9. The van der Waals surface area contributed by atoms with Crippen LogP contribution in [0.4, 0.5) is 0 Å². The van der Waals surface area contributed by atoms with Gasteiger partial charge in [0.25, 0.3) is 0 Å². The van der Waals surface area contributed by atoms with E-state index in [4.69, 9.17) is 15.0 Å². The normalized spacial score (nSPS) is 14.9. The quantitative estimate of drug-likeness (QED) is 0.153. The smallest absolute Gasteiger partial charge is 0.238 e. The van der Waals surface area contributed by atoms with Crippen molar-refractivity contribution in [3.63, 3.8) is 0 Å². The molecule has 2 aliphatic rings. The molecule has 0 radical (unpaired) electrons. The fourth-order valence-corrected chi connectivity index (χ4v) is 10.7. The summed E-state index contributed by atoms with van der Waals surface area (Å²) < 4.78 is 4.82. The van der Waals surface area contributed by atoms with E-state index in [1.165, 1.54) is 49.8 Å². The van der Waals surface area contributed by atoms with Crippen molar-refractivity contribution in [2.75, 3.05) is 0 Å². The van der Waals surface area contributed by atoms with E-state index >= 15 is 0 Å². The first kappa shape index (κ1) is 39.7. The molecule has 8 aromatic carbocycles. The highest BCUT2D eigenvalue weighted by atomic mass is 15.2. The van der Waals surface area contributed by atoms with Crippen LogP contribution in [0.1, 0.15) is 41.9 Å². The molecule has 13 rings (SSSR count). The summed E-state index contributed by atoms with van der Waals surface area (Å²) in [6.45, 7) is 0. The van der Waals surface area contributed by atoms with Gasteiger partial charge in [0.05, 0.1) is 22.1 Å². The number of aromatic nitrogens is 5. The highest BCUT2D eigenvalue weighted by molar-refractivity contribution is 6.20. The van der Waals surface area contributed by atoms with Crippen LogP contribution in [0.3, 0.4) is 0 Å². The molecule has 322 valence electrons. The SMILES string of the molecule is C1=CCCC(c2ccc(-c3nc(-c4ccccc4-c4ccccc4)nc(-n4c5ccccc5c5cc6c7ccccc7n(C7=C(c8ccccc8)C=CCC7c7ccccc7)c6cc54)n3)cc2)=C1. The Morgan fingerprint density at radius 2 is 1.01 bits per heavy atom. The Kier molecular flexibility index (Phi) is 9.71. The van der Waals surface area contributed by atoms with Crippen molar-refractivity contribution < 1.29 is 0 Å². The number of rotatable bonds is 8.